The molecule has 1 aliphatic carbocycles. The van der Waals surface area contributed by atoms with Crippen molar-refractivity contribution < 1.29 is 22.7 Å². The molecule has 1 fully saturated rings. The summed E-state index contributed by atoms with van der Waals surface area (Å²) in [5.74, 6) is -1.51. The predicted octanol–water partition coefficient (Wildman–Crippen LogP) is 4.50. The topological polar surface area (TPSA) is 67.5 Å². The maximum atomic E-state index is 15.3. The second-order valence-corrected chi connectivity index (χ2v) is 15.5. The first-order valence-electron chi connectivity index (χ1n) is 11.2. The van der Waals surface area contributed by atoms with E-state index >= 15 is 8.78 Å². The molecule has 0 spiro atoms. The fourth-order valence-corrected chi connectivity index (χ4v) is 6.06. The van der Waals surface area contributed by atoms with Gasteiger partial charge in [0.2, 0.25) is 0 Å². The van der Waals surface area contributed by atoms with Crippen LogP contribution in [0.25, 0.3) is 11.0 Å². The molecule has 4 rings (SSSR count). The standard InChI is InChI=1S/C23H33F2N3O3Si/c1-23(2,3)32(6,7)31-13-10-16(28(4)11-13)21-26-19-17(24)14-8-12(22(29)30-5)9-15(14)18(25)20(19)27-21/h12-13,16H,8-11H2,1-7H3,(H,26,27)/t13-,16+/m1/s1. The summed E-state index contributed by atoms with van der Waals surface area (Å²) in [6.07, 6.45) is 1.05. The molecule has 1 N–H and O–H groups in total. The van der Waals surface area contributed by atoms with Crippen molar-refractivity contribution in [3.8, 4) is 0 Å². The zero-order valence-electron chi connectivity index (χ0n) is 19.9. The van der Waals surface area contributed by atoms with E-state index in [1.807, 2.05) is 7.05 Å². The van der Waals surface area contributed by atoms with E-state index in [2.05, 4.69) is 48.7 Å². The van der Waals surface area contributed by atoms with E-state index in [1.165, 1.54) is 7.11 Å². The van der Waals surface area contributed by atoms with Gasteiger partial charge in [-0.3, -0.25) is 9.69 Å². The van der Waals surface area contributed by atoms with Crippen molar-refractivity contribution in [2.75, 3.05) is 20.7 Å². The Balaban J connectivity index is 1.61. The summed E-state index contributed by atoms with van der Waals surface area (Å²) < 4.78 is 41.9. The number of carbonyl (C=O) groups is 1. The maximum absolute atomic E-state index is 15.3. The van der Waals surface area contributed by atoms with E-state index < -0.39 is 31.8 Å². The molecular formula is C23H33F2N3O3Si. The number of carbonyl (C=O) groups excluding carboxylic acids is 1. The van der Waals surface area contributed by atoms with Crippen LogP contribution in [0.5, 0.6) is 0 Å². The Bertz CT molecular complexity index is 1010. The number of likely N-dealkylation sites (tertiary alicyclic amines) is 1. The highest BCUT2D eigenvalue weighted by atomic mass is 28.4. The lowest BCUT2D eigenvalue weighted by molar-refractivity contribution is -0.145. The molecule has 2 aromatic rings. The van der Waals surface area contributed by atoms with Crippen molar-refractivity contribution in [1.82, 2.24) is 14.9 Å². The van der Waals surface area contributed by atoms with Gasteiger partial charge >= 0.3 is 5.97 Å². The van der Waals surface area contributed by atoms with Crippen LogP contribution in [-0.2, 0) is 26.8 Å². The quantitative estimate of drug-likeness (QED) is 0.532. The SMILES string of the molecule is COC(=O)C1Cc2c(c(F)c3[nH]c([C@@H]4C[C@@H](O[Si](C)(C)C(C)(C)C)CN4C)nc3c2F)C1. The predicted molar refractivity (Wildman–Crippen MR) is 121 cm³/mol. The van der Waals surface area contributed by atoms with Crippen LogP contribution >= 0.6 is 0 Å². The number of aromatic nitrogens is 2. The van der Waals surface area contributed by atoms with E-state index in [4.69, 9.17) is 9.16 Å². The van der Waals surface area contributed by atoms with Gasteiger partial charge in [-0.15, -0.1) is 0 Å². The Morgan fingerprint density at radius 1 is 1.19 bits per heavy atom. The number of benzene rings is 1. The first-order valence-corrected chi connectivity index (χ1v) is 14.1. The number of fused-ring (bicyclic) bond motifs is 2. The van der Waals surface area contributed by atoms with Gasteiger partial charge in [0.1, 0.15) is 16.9 Å². The second kappa shape index (κ2) is 7.88. The number of hydrogen-bond donors (Lipinski definition) is 1. The van der Waals surface area contributed by atoms with E-state index in [9.17, 15) is 4.79 Å². The van der Waals surface area contributed by atoms with Gasteiger partial charge in [0.25, 0.3) is 0 Å². The lowest BCUT2D eigenvalue weighted by Gasteiger charge is -2.38. The molecule has 0 radical (unpaired) electrons. The zero-order valence-corrected chi connectivity index (χ0v) is 20.9. The summed E-state index contributed by atoms with van der Waals surface area (Å²) in [6, 6.07) is -0.103. The van der Waals surface area contributed by atoms with Crippen molar-refractivity contribution in [3.05, 3.63) is 28.6 Å². The Kier molecular flexibility index (Phi) is 5.74. The van der Waals surface area contributed by atoms with Crippen LogP contribution in [-0.4, -0.2) is 56.0 Å². The number of H-pyrrole nitrogens is 1. The van der Waals surface area contributed by atoms with Gasteiger partial charge in [-0.1, -0.05) is 20.8 Å². The number of esters is 1. The van der Waals surface area contributed by atoms with Gasteiger partial charge in [-0.05, 0) is 55.6 Å². The van der Waals surface area contributed by atoms with Crippen LogP contribution in [0.2, 0.25) is 18.1 Å². The number of rotatable bonds is 4. The number of imidazole rings is 1. The van der Waals surface area contributed by atoms with Crippen molar-refractivity contribution in [2.45, 2.75) is 70.3 Å². The van der Waals surface area contributed by atoms with Crippen LogP contribution in [0.1, 0.15) is 50.2 Å². The number of nitrogens with one attached hydrogen (secondary N) is 1. The minimum absolute atomic E-state index is 0.00364. The lowest BCUT2D eigenvalue weighted by atomic mass is 10.1. The Morgan fingerprint density at radius 2 is 1.81 bits per heavy atom. The van der Waals surface area contributed by atoms with Crippen LogP contribution in [0.3, 0.4) is 0 Å². The summed E-state index contributed by atoms with van der Waals surface area (Å²) in [7, 11) is 1.35. The molecule has 9 heteroatoms. The fraction of sp³-hybridized carbons (Fsp3) is 0.652. The molecule has 2 aliphatic rings. The van der Waals surface area contributed by atoms with Gasteiger partial charge in [-0.2, -0.15) is 0 Å². The number of halogens is 2. The van der Waals surface area contributed by atoms with Gasteiger partial charge in [0, 0.05) is 6.54 Å². The fourth-order valence-electron chi connectivity index (χ4n) is 4.70. The molecular weight excluding hydrogens is 432 g/mol. The van der Waals surface area contributed by atoms with Gasteiger partial charge in [0.15, 0.2) is 20.0 Å². The molecule has 1 saturated heterocycles. The molecule has 2 heterocycles. The van der Waals surface area contributed by atoms with Gasteiger partial charge in [-0.25, -0.2) is 13.8 Å². The lowest BCUT2D eigenvalue weighted by Crippen LogP contribution is -2.44. The highest BCUT2D eigenvalue weighted by molar-refractivity contribution is 6.74. The highest BCUT2D eigenvalue weighted by Crippen LogP contribution is 2.41. The van der Waals surface area contributed by atoms with Crippen molar-refractivity contribution >= 4 is 25.3 Å². The molecule has 1 aliphatic heterocycles. The third-order valence-electron chi connectivity index (χ3n) is 7.57. The monoisotopic (exact) mass is 465 g/mol. The highest BCUT2D eigenvalue weighted by Gasteiger charge is 2.43. The average Bonchev–Trinajstić information content (AvgIpc) is 3.41. The summed E-state index contributed by atoms with van der Waals surface area (Å²) in [5.41, 5.74) is 0.565. The number of methoxy groups -OCH3 is 1. The minimum Gasteiger partial charge on any atom is -0.469 e. The summed E-state index contributed by atoms with van der Waals surface area (Å²) in [5, 5.41) is 0.109. The van der Waals surface area contributed by atoms with E-state index in [0.29, 0.717) is 5.82 Å². The van der Waals surface area contributed by atoms with Gasteiger partial charge in [0.05, 0.1) is 25.2 Å². The third-order valence-corrected chi connectivity index (χ3v) is 12.1. The average molecular weight is 466 g/mol. The Hall–Kier alpha value is -1.84. The molecule has 0 bridgehead atoms. The van der Waals surface area contributed by atoms with Crippen molar-refractivity contribution in [1.29, 1.82) is 0 Å². The molecule has 176 valence electrons. The van der Waals surface area contributed by atoms with Crippen molar-refractivity contribution in [2.24, 2.45) is 5.92 Å². The number of hydrogen-bond acceptors (Lipinski definition) is 5. The Labute approximate surface area is 188 Å². The normalized spacial score (nSPS) is 22.7. The molecule has 3 atom stereocenters. The summed E-state index contributed by atoms with van der Waals surface area (Å²) in [4.78, 5) is 21.5. The Morgan fingerprint density at radius 3 is 2.41 bits per heavy atom. The molecule has 6 nitrogen and oxygen atoms in total. The number of aromatic amines is 1. The van der Waals surface area contributed by atoms with Crippen LogP contribution in [0.4, 0.5) is 8.78 Å². The minimum atomic E-state index is -1.93. The summed E-state index contributed by atoms with van der Waals surface area (Å²) >= 11 is 0. The second-order valence-electron chi connectivity index (χ2n) is 10.8. The molecule has 0 amide bonds. The first kappa shape index (κ1) is 23.3. The number of nitrogens with zero attached hydrogens (tertiary/aromatic N) is 2. The largest absolute Gasteiger partial charge is 0.469 e. The van der Waals surface area contributed by atoms with Crippen LogP contribution in [0, 0.1) is 17.6 Å². The maximum Gasteiger partial charge on any atom is 0.309 e. The van der Waals surface area contributed by atoms with E-state index in [0.717, 1.165) is 13.0 Å². The summed E-state index contributed by atoms with van der Waals surface area (Å²) in [6.45, 7) is 11.8. The third kappa shape index (κ3) is 3.78. The molecule has 1 aromatic carbocycles. The molecule has 1 aromatic heterocycles. The van der Waals surface area contributed by atoms with Gasteiger partial charge < -0.3 is 14.1 Å². The van der Waals surface area contributed by atoms with E-state index in [-0.39, 0.29) is 52.2 Å². The van der Waals surface area contributed by atoms with Crippen LogP contribution < -0.4 is 0 Å². The number of likely N-dealkylation sites (N-methyl/N-ethyl adjacent to an activating group) is 1. The van der Waals surface area contributed by atoms with E-state index in [1.54, 1.807) is 0 Å². The zero-order chi connectivity index (χ0) is 23.6. The molecule has 32 heavy (non-hydrogen) atoms. The van der Waals surface area contributed by atoms with Crippen molar-refractivity contribution in [3.63, 3.8) is 0 Å². The van der Waals surface area contributed by atoms with Crippen LogP contribution in [0.15, 0.2) is 0 Å². The molecule has 0 saturated carbocycles. The number of ether oxygens (including phenoxy) is 1. The molecule has 1 unspecified atom stereocenters. The smallest absolute Gasteiger partial charge is 0.309 e. The first-order chi connectivity index (χ1) is 14.8.